The highest BCUT2D eigenvalue weighted by Gasteiger charge is 2.18. The maximum atomic E-state index is 13.5. The van der Waals surface area contributed by atoms with Crippen LogP contribution in [-0.4, -0.2) is 11.9 Å². The van der Waals surface area contributed by atoms with Crippen LogP contribution in [0.25, 0.3) is 0 Å². The Bertz CT molecular complexity index is 413. The quantitative estimate of drug-likeness (QED) is 0.888. The molecule has 3 N–H and O–H groups in total. The van der Waals surface area contributed by atoms with Gasteiger partial charge in [-0.3, -0.25) is 4.79 Å². The van der Waals surface area contributed by atoms with Crippen LogP contribution in [0.1, 0.15) is 31.9 Å². The number of carbonyl (C=O) groups is 1. The van der Waals surface area contributed by atoms with E-state index in [-0.39, 0.29) is 23.9 Å². The Labute approximate surface area is 111 Å². The fourth-order valence-electron chi connectivity index (χ4n) is 1.48. The van der Waals surface area contributed by atoms with E-state index in [9.17, 15) is 13.6 Å². The molecule has 0 saturated heterocycles. The van der Waals surface area contributed by atoms with Crippen molar-refractivity contribution in [2.45, 2.75) is 32.4 Å². The van der Waals surface area contributed by atoms with Crippen molar-refractivity contribution in [1.29, 1.82) is 0 Å². The predicted molar refractivity (Wildman–Crippen MR) is 68.4 cm³/mol. The highest BCUT2D eigenvalue weighted by Crippen LogP contribution is 2.21. The summed E-state index contributed by atoms with van der Waals surface area (Å²) < 4.78 is 26.5. The van der Waals surface area contributed by atoms with Crippen molar-refractivity contribution >= 4 is 18.3 Å². The number of nitrogens with two attached hydrogens (primary N) is 1. The number of amides is 1. The number of hydrogen-bond donors (Lipinski definition) is 2. The van der Waals surface area contributed by atoms with Crippen molar-refractivity contribution in [3.05, 3.63) is 35.4 Å². The summed E-state index contributed by atoms with van der Waals surface area (Å²) in [6, 6.07) is 1.93. The summed E-state index contributed by atoms with van der Waals surface area (Å²) in [5.74, 6) is -1.46. The van der Waals surface area contributed by atoms with Gasteiger partial charge in [-0.25, -0.2) is 8.78 Å². The summed E-state index contributed by atoms with van der Waals surface area (Å²) in [6.45, 7) is 3.31. The van der Waals surface area contributed by atoms with Gasteiger partial charge in [0.25, 0.3) is 0 Å². The Kier molecular flexibility index (Phi) is 6.80. The van der Waals surface area contributed by atoms with Gasteiger partial charge in [0, 0.05) is 5.56 Å². The zero-order chi connectivity index (χ0) is 13.0. The van der Waals surface area contributed by atoms with Crippen molar-refractivity contribution in [3.8, 4) is 0 Å². The molecule has 0 spiro atoms. The molecule has 102 valence electrons. The van der Waals surface area contributed by atoms with Gasteiger partial charge in [-0.1, -0.05) is 6.92 Å². The largest absolute Gasteiger partial charge is 0.348 e. The minimum Gasteiger partial charge on any atom is -0.348 e. The molecule has 1 unspecified atom stereocenters. The van der Waals surface area contributed by atoms with Crippen molar-refractivity contribution in [2.24, 2.45) is 5.73 Å². The average Bonchev–Trinajstić information content (AvgIpc) is 2.29. The molecule has 18 heavy (non-hydrogen) atoms. The maximum absolute atomic E-state index is 13.5. The number of halogens is 3. The van der Waals surface area contributed by atoms with Gasteiger partial charge in [0.1, 0.15) is 11.6 Å². The SMILES string of the molecule is CCC(NC(=O)[C@H](C)N)c1cc(F)ccc1F.Cl. The van der Waals surface area contributed by atoms with E-state index < -0.39 is 23.7 Å². The van der Waals surface area contributed by atoms with Crippen molar-refractivity contribution < 1.29 is 13.6 Å². The van der Waals surface area contributed by atoms with E-state index in [0.29, 0.717) is 6.42 Å². The molecule has 0 aliphatic rings. The van der Waals surface area contributed by atoms with Crippen molar-refractivity contribution in [3.63, 3.8) is 0 Å². The zero-order valence-electron chi connectivity index (χ0n) is 10.2. The lowest BCUT2D eigenvalue weighted by Crippen LogP contribution is -2.40. The first-order valence-corrected chi connectivity index (χ1v) is 5.46. The summed E-state index contributed by atoms with van der Waals surface area (Å²) >= 11 is 0. The highest BCUT2D eigenvalue weighted by atomic mass is 35.5. The van der Waals surface area contributed by atoms with Gasteiger partial charge >= 0.3 is 0 Å². The Hall–Kier alpha value is -1.20. The second kappa shape index (κ2) is 7.28. The fraction of sp³-hybridized carbons (Fsp3) is 0.417. The van der Waals surface area contributed by atoms with Crippen LogP contribution < -0.4 is 11.1 Å². The second-order valence-corrected chi connectivity index (χ2v) is 3.92. The van der Waals surface area contributed by atoms with Crippen LogP contribution in [0.3, 0.4) is 0 Å². The first-order valence-electron chi connectivity index (χ1n) is 5.46. The molecule has 0 saturated carbocycles. The standard InChI is InChI=1S/C12H16F2N2O.ClH/c1-3-11(16-12(17)7(2)15)9-6-8(13)4-5-10(9)14;/h4-7,11H,3,15H2,1-2H3,(H,16,17);1H/t7-,11?;/m0./s1. The lowest BCUT2D eigenvalue weighted by Gasteiger charge is -2.19. The number of benzene rings is 1. The topological polar surface area (TPSA) is 55.1 Å². The second-order valence-electron chi connectivity index (χ2n) is 3.92. The van der Waals surface area contributed by atoms with Crippen LogP contribution in [0.2, 0.25) is 0 Å². The Morgan fingerprint density at radius 3 is 2.56 bits per heavy atom. The van der Waals surface area contributed by atoms with Gasteiger partial charge < -0.3 is 11.1 Å². The van der Waals surface area contributed by atoms with E-state index in [4.69, 9.17) is 5.73 Å². The molecule has 1 rings (SSSR count). The summed E-state index contributed by atoms with van der Waals surface area (Å²) in [5.41, 5.74) is 5.55. The molecule has 0 aromatic heterocycles. The van der Waals surface area contributed by atoms with E-state index in [2.05, 4.69) is 5.32 Å². The molecule has 2 atom stereocenters. The molecular weight excluding hydrogens is 262 g/mol. The number of hydrogen-bond acceptors (Lipinski definition) is 2. The van der Waals surface area contributed by atoms with E-state index >= 15 is 0 Å². The van der Waals surface area contributed by atoms with Gasteiger partial charge in [0.15, 0.2) is 0 Å². The van der Waals surface area contributed by atoms with E-state index in [1.807, 2.05) is 0 Å². The third-order valence-corrected chi connectivity index (χ3v) is 2.47. The normalized spacial score (nSPS) is 13.4. The Morgan fingerprint density at radius 1 is 1.44 bits per heavy atom. The number of rotatable bonds is 4. The number of carbonyl (C=O) groups excluding carboxylic acids is 1. The minimum atomic E-state index is -0.680. The van der Waals surface area contributed by atoms with Gasteiger partial charge in [0.05, 0.1) is 12.1 Å². The molecular formula is C12H17ClF2N2O. The summed E-state index contributed by atoms with van der Waals surface area (Å²) in [4.78, 5) is 11.4. The van der Waals surface area contributed by atoms with Crippen LogP contribution >= 0.6 is 12.4 Å². The molecule has 0 radical (unpaired) electrons. The predicted octanol–water partition coefficient (Wildman–Crippen LogP) is 2.30. The van der Waals surface area contributed by atoms with Crippen LogP contribution in [0.4, 0.5) is 8.78 Å². The van der Waals surface area contributed by atoms with Gasteiger partial charge in [-0.05, 0) is 31.5 Å². The molecule has 1 aromatic rings. The Balaban J connectivity index is 0.00000289. The Morgan fingerprint density at radius 2 is 2.06 bits per heavy atom. The zero-order valence-corrected chi connectivity index (χ0v) is 11.1. The first kappa shape index (κ1) is 16.8. The van der Waals surface area contributed by atoms with Crippen LogP contribution in [0.15, 0.2) is 18.2 Å². The number of nitrogens with one attached hydrogen (secondary N) is 1. The van der Waals surface area contributed by atoms with Gasteiger partial charge in [0.2, 0.25) is 5.91 Å². The molecule has 1 amide bonds. The average molecular weight is 279 g/mol. The van der Waals surface area contributed by atoms with Crippen molar-refractivity contribution in [1.82, 2.24) is 5.32 Å². The van der Waals surface area contributed by atoms with Crippen molar-refractivity contribution in [2.75, 3.05) is 0 Å². The highest BCUT2D eigenvalue weighted by molar-refractivity contribution is 5.85. The van der Waals surface area contributed by atoms with E-state index in [1.165, 1.54) is 6.92 Å². The molecule has 0 aliphatic carbocycles. The van der Waals surface area contributed by atoms with Crippen LogP contribution in [-0.2, 0) is 4.79 Å². The molecule has 0 bridgehead atoms. The molecule has 1 aromatic carbocycles. The fourth-order valence-corrected chi connectivity index (χ4v) is 1.48. The minimum absolute atomic E-state index is 0. The first-order chi connectivity index (χ1) is 7.95. The summed E-state index contributed by atoms with van der Waals surface area (Å²) in [6.07, 6.45) is 0.457. The molecule has 6 heteroatoms. The van der Waals surface area contributed by atoms with Gasteiger partial charge in [-0.2, -0.15) is 0 Å². The molecule has 0 heterocycles. The monoisotopic (exact) mass is 278 g/mol. The third-order valence-electron chi connectivity index (χ3n) is 2.47. The summed E-state index contributed by atoms with van der Waals surface area (Å²) in [7, 11) is 0. The third kappa shape index (κ3) is 4.23. The lowest BCUT2D eigenvalue weighted by atomic mass is 10.0. The molecule has 3 nitrogen and oxygen atoms in total. The van der Waals surface area contributed by atoms with E-state index in [0.717, 1.165) is 18.2 Å². The smallest absolute Gasteiger partial charge is 0.237 e. The van der Waals surface area contributed by atoms with Gasteiger partial charge in [-0.15, -0.1) is 12.4 Å². The van der Waals surface area contributed by atoms with Crippen LogP contribution in [0.5, 0.6) is 0 Å². The molecule has 0 aliphatic heterocycles. The molecule has 0 fully saturated rings. The van der Waals surface area contributed by atoms with Crippen LogP contribution in [0, 0.1) is 11.6 Å². The lowest BCUT2D eigenvalue weighted by molar-refractivity contribution is -0.122. The maximum Gasteiger partial charge on any atom is 0.237 e. The van der Waals surface area contributed by atoms with E-state index in [1.54, 1.807) is 6.92 Å². The summed E-state index contributed by atoms with van der Waals surface area (Å²) in [5, 5.41) is 2.58.